The molecule has 1 aromatic heterocycles. The van der Waals surface area contributed by atoms with Crippen molar-refractivity contribution >= 4 is 6.29 Å². The van der Waals surface area contributed by atoms with E-state index >= 15 is 0 Å². The lowest BCUT2D eigenvalue weighted by Crippen LogP contribution is -2.03. The third-order valence-electron chi connectivity index (χ3n) is 3.06. The molecule has 4 nitrogen and oxygen atoms in total. The molecule has 3 rings (SSSR count). The van der Waals surface area contributed by atoms with Crippen molar-refractivity contribution < 1.29 is 14.3 Å². The fraction of sp³-hybridized carbons (Fsp3) is 0.214. The molecule has 0 bridgehead atoms. The third kappa shape index (κ3) is 1.97. The highest BCUT2D eigenvalue weighted by Crippen LogP contribution is 2.32. The van der Waals surface area contributed by atoms with Gasteiger partial charge in [0.05, 0.1) is 5.69 Å². The van der Waals surface area contributed by atoms with Crippen LogP contribution in [-0.2, 0) is 13.0 Å². The third-order valence-corrected chi connectivity index (χ3v) is 3.06. The summed E-state index contributed by atoms with van der Waals surface area (Å²) in [5.41, 5.74) is 1.88. The van der Waals surface area contributed by atoms with E-state index in [4.69, 9.17) is 9.47 Å². The average molecular weight is 243 g/mol. The number of hydrogen-bond acceptors (Lipinski definition) is 3. The van der Waals surface area contributed by atoms with E-state index in [1.807, 2.05) is 41.1 Å². The summed E-state index contributed by atoms with van der Waals surface area (Å²) in [7, 11) is 0. The Morgan fingerprint density at radius 1 is 1.22 bits per heavy atom. The Hall–Kier alpha value is -2.23. The van der Waals surface area contributed by atoms with Gasteiger partial charge in [0.25, 0.3) is 0 Å². The Labute approximate surface area is 105 Å². The van der Waals surface area contributed by atoms with Gasteiger partial charge < -0.3 is 14.0 Å². The average Bonchev–Trinajstić information content (AvgIpc) is 3.04. The Morgan fingerprint density at radius 3 is 3.00 bits per heavy atom. The van der Waals surface area contributed by atoms with E-state index in [0.717, 1.165) is 30.8 Å². The molecule has 2 heterocycles. The first-order valence-electron chi connectivity index (χ1n) is 5.85. The zero-order valence-electron chi connectivity index (χ0n) is 9.83. The molecular weight excluding hydrogens is 230 g/mol. The normalized spacial score (nSPS) is 12.7. The monoisotopic (exact) mass is 243 g/mol. The van der Waals surface area contributed by atoms with Gasteiger partial charge in [-0.3, -0.25) is 4.79 Å². The molecule has 1 aromatic carbocycles. The Balaban J connectivity index is 1.72. The zero-order chi connectivity index (χ0) is 12.4. The smallest absolute Gasteiger partial charge is 0.231 e. The summed E-state index contributed by atoms with van der Waals surface area (Å²) in [5.74, 6) is 1.60. The maximum absolute atomic E-state index is 10.8. The first kappa shape index (κ1) is 10.9. The molecule has 0 saturated carbocycles. The molecule has 0 fully saturated rings. The molecule has 0 aliphatic carbocycles. The van der Waals surface area contributed by atoms with Crippen molar-refractivity contribution in [3.05, 3.63) is 47.8 Å². The first-order chi connectivity index (χ1) is 8.86. The SMILES string of the molecule is O=Cc1cccn1CCc1ccc2c(c1)OCO2. The molecule has 4 heteroatoms. The number of rotatable bonds is 4. The topological polar surface area (TPSA) is 40.5 Å². The highest BCUT2D eigenvalue weighted by molar-refractivity contribution is 5.72. The number of ether oxygens (including phenoxy) is 2. The lowest BCUT2D eigenvalue weighted by Gasteiger charge is -2.06. The van der Waals surface area contributed by atoms with Gasteiger partial charge in [0.15, 0.2) is 17.8 Å². The summed E-state index contributed by atoms with van der Waals surface area (Å²) >= 11 is 0. The van der Waals surface area contributed by atoms with Crippen molar-refractivity contribution in [3.63, 3.8) is 0 Å². The second kappa shape index (κ2) is 4.56. The van der Waals surface area contributed by atoms with Crippen LogP contribution in [-0.4, -0.2) is 17.6 Å². The Kier molecular flexibility index (Phi) is 2.76. The Bertz CT molecular complexity index is 574. The maximum atomic E-state index is 10.8. The van der Waals surface area contributed by atoms with Crippen LogP contribution in [0.25, 0.3) is 0 Å². The lowest BCUT2D eigenvalue weighted by molar-refractivity contribution is 0.111. The minimum Gasteiger partial charge on any atom is -0.454 e. The molecule has 0 N–H and O–H groups in total. The van der Waals surface area contributed by atoms with Crippen molar-refractivity contribution in [1.82, 2.24) is 4.57 Å². The van der Waals surface area contributed by atoms with E-state index in [1.54, 1.807) is 0 Å². The predicted molar refractivity (Wildman–Crippen MR) is 66.1 cm³/mol. The highest BCUT2D eigenvalue weighted by Gasteiger charge is 2.13. The van der Waals surface area contributed by atoms with Gasteiger partial charge in [-0.15, -0.1) is 0 Å². The molecule has 18 heavy (non-hydrogen) atoms. The van der Waals surface area contributed by atoms with E-state index < -0.39 is 0 Å². The molecular formula is C14H13NO3. The number of aryl methyl sites for hydroxylation is 2. The van der Waals surface area contributed by atoms with Crippen molar-refractivity contribution in [1.29, 1.82) is 0 Å². The summed E-state index contributed by atoms with van der Waals surface area (Å²) in [6.07, 6.45) is 3.64. The molecule has 2 aromatic rings. The van der Waals surface area contributed by atoms with Crippen LogP contribution in [0.2, 0.25) is 0 Å². The van der Waals surface area contributed by atoms with Gasteiger partial charge in [-0.05, 0) is 36.2 Å². The lowest BCUT2D eigenvalue weighted by atomic mass is 10.1. The molecule has 92 valence electrons. The quantitative estimate of drug-likeness (QED) is 0.773. The minimum absolute atomic E-state index is 0.297. The van der Waals surface area contributed by atoms with Gasteiger partial charge in [-0.25, -0.2) is 0 Å². The van der Waals surface area contributed by atoms with Crippen LogP contribution in [0.15, 0.2) is 36.5 Å². The van der Waals surface area contributed by atoms with Crippen molar-refractivity contribution in [2.24, 2.45) is 0 Å². The van der Waals surface area contributed by atoms with Crippen molar-refractivity contribution in [2.75, 3.05) is 6.79 Å². The summed E-state index contributed by atoms with van der Waals surface area (Å²) in [6, 6.07) is 9.63. The van der Waals surface area contributed by atoms with Crippen molar-refractivity contribution in [2.45, 2.75) is 13.0 Å². The number of hydrogen-bond donors (Lipinski definition) is 0. The van der Waals surface area contributed by atoms with E-state index in [1.165, 1.54) is 5.56 Å². The number of nitrogens with zero attached hydrogens (tertiary/aromatic N) is 1. The fourth-order valence-corrected chi connectivity index (χ4v) is 2.08. The first-order valence-corrected chi connectivity index (χ1v) is 5.85. The summed E-state index contributed by atoms with van der Waals surface area (Å²) in [5, 5.41) is 0. The van der Waals surface area contributed by atoms with E-state index in [-0.39, 0.29) is 0 Å². The van der Waals surface area contributed by atoms with Crippen LogP contribution in [0.3, 0.4) is 0 Å². The van der Waals surface area contributed by atoms with Crippen LogP contribution in [0, 0.1) is 0 Å². The number of fused-ring (bicyclic) bond motifs is 1. The zero-order valence-corrected chi connectivity index (χ0v) is 9.83. The molecule has 0 saturated heterocycles. The van der Waals surface area contributed by atoms with E-state index in [2.05, 4.69) is 0 Å². The Morgan fingerprint density at radius 2 is 2.11 bits per heavy atom. The van der Waals surface area contributed by atoms with Gasteiger partial charge in [0.1, 0.15) is 0 Å². The number of carbonyl (C=O) groups excluding carboxylic acids is 1. The largest absolute Gasteiger partial charge is 0.454 e. The van der Waals surface area contributed by atoms with E-state index in [9.17, 15) is 4.79 Å². The summed E-state index contributed by atoms with van der Waals surface area (Å²) in [4.78, 5) is 10.8. The molecule has 0 spiro atoms. The van der Waals surface area contributed by atoms with Gasteiger partial charge in [0, 0.05) is 12.7 Å². The van der Waals surface area contributed by atoms with Gasteiger partial charge >= 0.3 is 0 Å². The summed E-state index contributed by atoms with van der Waals surface area (Å²) < 4.78 is 12.5. The van der Waals surface area contributed by atoms with Crippen LogP contribution in [0.1, 0.15) is 16.1 Å². The van der Waals surface area contributed by atoms with Crippen LogP contribution >= 0.6 is 0 Å². The number of aldehydes is 1. The van der Waals surface area contributed by atoms with Crippen LogP contribution in [0.4, 0.5) is 0 Å². The molecule has 0 atom stereocenters. The van der Waals surface area contributed by atoms with Crippen molar-refractivity contribution in [3.8, 4) is 11.5 Å². The second-order valence-electron chi connectivity index (χ2n) is 4.18. The van der Waals surface area contributed by atoms with Crippen LogP contribution in [0.5, 0.6) is 11.5 Å². The molecule has 0 amide bonds. The fourth-order valence-electron chi connectivity index (χ4n) is 2.08. The number of carbonyl (C=O) groups is 1. The highest BCUT2D eigenvalue weighted by atomic mass is 16.7. The molecule has 1 aliphatic rings. The summed E-state index contributed by atoms with van der Waals surface area (Å²) in [6.45, 7) is 1.08. The second-order valence-corrected chi connectivity index (χ2v) is 4.18. The van der Waals surface area contributed by atoms with E-state index in [0.29, 0.717) is 12.5 Å². The van der Waals surface area contributed by atoms with Gasteiger partial charge in [0.2, 0.25) is 6.79 Å². The molecule has 0 unspecified atom stereocenters. The maximum Gasteiger partial charge on any atom is 0.231 e. The van der Waals surface area contributed by atoms with Crippen LogP contribution < -0.4 is 9.47 Å². The predicted octanol–water partition coefficient (Wildman–Crippen LogP) is 2.27. The molecule has 0 radical (unpaired) electrons. The minimum atomic E-state index is 0.297. The standard InChI is InChI=1S/C14H13NO3/c16-9-12-2-1-6-15(12)7-5-11-3-4-13-14(8-11)18-10-17-13/h1-4,6,8-9H,5,7,10H2. The van der Waals surface area contributed by atoms with Gasteiger partial charge in [-0.2, -0.15) is 0 Å². The molecule has 1 aliphatic heterocycles. The number of aromatic nitrogens is 1. The van der Waals surface area contributed by atoms with Gasteiger partial charge in [-0.1, -0.05) is 6.07 Å². The number of benzene rings is 1.